The summed E-state index contributed by atoms with van der Waals surface area (Å²) in [6.45, 7) is 3.73. The van der Waals surface area contributed by atoms with Crippen molar-refractivity contribution in [3.05, 3.63) is 0 Å². The molecule has 3 nitrogen and oxygen atoms in total. The van der Waals surface area contributed by atoms with Crippen molar-refractivity contribution in [1.82, 2.24) is 0 Å². The first-order valence-corrected chi connectivity index (χ1v) is 15.2. The summed E-state index contributed by atoms with van der Waals surface area (Å²) < 4.78 is 174. The second-order valence-electron chi connectivity index (χ2n) is 13.6. The van der Waals surface area contributed by atoms with Crippen molar-refractivity contribution in [2.75, 3.05) is 13.4 Å². The summed E-state index contributed by atoms with van der Waals surface area (Å²) in [5, 5.41) is 9.87. The van der Waals surface area contributed by atoms with Crippen LogP contribution in [0.5, 0.6) is 0 Å². The van der Waals surface area contributed by atoms with E-state index in [0.717, 1.165) is 0 Å². The molecule has 4 rings (SSSR count). The van der Waals surface area contributed by atoms with Gasteiger partial charge in [-0.1, -0.05) is 20.3 Å². The molecule has 0 aliphatic heterocycles. The van der Waals surface area contributed by atoms with Crippen LogP contribution in [0.2, 0.25) is 0 Å². The first-order chi connectivity index (χ1) is 20.0. The zero-order chi connectivity index (χ0) is 33.3. The number of hydrogen-bond donors (Lipinski definition) is 1. The standard InChI is InChI=1S/C29H40F12O3/c1-4-19-15-6-17(11-24(42,26(30,31)32)27(33,34)35)22(9-15)23(19)10-21-14(3)20-8-16(21)7-18(20)12-25(28(36,37)38,29(39,40)41)44-13-43-5-2/h14-23,42H,4-13H2,1-3H3. The van der Waals surface area contributed by atoms with Crippen molar-refractivity contribution in [2.24, 2.45) is 59.2 Å². The number of alkyl halides is 12. The molecular formula is C29H40F12O3. The van der Waals surface area contributed by atoms with E-state index in [-0.39, 0.29) is 55.0 Å². The van der Waals surface area contributed by atoms with E-state index in [0.29, 0.717) is 25.7 Å². The molecule has 0 aromatic carbocycles. The van der Waals surface area contributed by atoms with Crippen LogP contribution in [0, 0.1) is 59.2 Å². The average Bonchev–Trinajstić information content (AvgIpc) is 3.61. The monoisotopic (exact) mass is 664 g/mol. The maximum atomic E-state index is 14.0. The molecule has 4 aliphatic rings. The minimum atomic E-state index is -5.91. The Morgan fingerprint density at radius 2 is 1.14 bits per heavy atom. The van der Waals surface area contributed by atoms with Crippen molar-refractivity contribution < 1.29 is 67.3 Å². The van der Waals surface area contributed by atoms with E-state index >= 15 is 0 Å². The lowest BCUT2D eigenvalue weighted by atomic mass is 9.63. The van der Waals surface area contributed by atoms with Crippen LogP contribution in [-0.4, -0.2) is 54.4 Å². The summed E-state index contributed by atoms with van der Waals surface area (Å²) in [7, 11) is 0. The highest BCUT2D eigenvalue weighted by molar-refractivity contribution is 5.09. The summed E-state index contributed by atoms with van der Waals surface area (Å²) in [4.78, 5) is 0. The quantitative estimate of drug-likeness (QED) is 0.136. The summed E-state index contributed by atoms with van der Waals surface area (Å²) in [6, 6.07) is 0. The van der Waals surface area contributed by atoms with E-state index < -0.39 is 79.2 Å². The van der Waals surface area contributed by atoms with Gasteiger partial charge >= 0.3 is 24.7 Å². The second-order valence-corrected chi connectivity index (χ2v) is 13.6. The van der Waals surface area contributed by atoms with E-state index in [2.05, 4.69) is 9.47 Å². The summed E-state index contributed by atoms with van der Waals surface area (Å²) in [6.07, 6.45) is -24.0. The van der Waals surface area contributed by atoms with Crippen molar-refractivity contribution in [3.63, 3.8) is 0 Å². The predicted molar refractivity (Wildman–Crippen MR) is 133 cm³/mol. The minimum absolute atomic E-state index is 0.0401. The van der Waals surface area contributed by atoms with Crippen molar-refractivity contribution in [2.45, 2.75) is 108 Å². The van der Waals surface area contributed by atoms with E-state index in [9.17, 15) is 57.8 Å². The molecule has 4 fully saturated rings. The summed E-state index contributed by atoms with van der Waals surface area (Å²) in [5.41, 5.74) is -9.24. The Hall–Kier alpha value is -0.960. The topological polar surface area (TPSA) is 38.7 Å². The number of fused-ring (bicyclic) bond motifs is 4. The fourth-order valence-electron chi connectivity index (χ4n) is 9.84. The molecule has 10 unspecified atom stereocenters. The van der Waals surface area contributed by atoms with Gasteiger partial charge in [-0.15, -0.1) is 0 Å². The molecule has 0 aromatic rings. The molecule has 4 saturated carbocycles. The highest BCUT2D eigenvalue weighted by atomic mass is 19.4. The first-order valence-electron chi connectivity index (χ1n) is 15.2. The molecule has 0 saturated heterocycles. The van der Waals surface area contributed by atoms with Gasteiger partial charge in [-0.25, -0.2) is 0 Å². The van der Waals surface area contributed by atoms with Crippen LogP contribution in [0.25, 0.3) is 0 Å². The Bertz CT molecular complexity index is 960. The number of halogens is 12. The zero-order valence-corrected chi connectivity index (χ0v) is 24.6. The van der Waals surface area contributed by atoms with Crippen LogP contribution in [-0.2, 0) is 9.47 Å². The largest absolute Gasteiger partial charge is 0.426 e. The van der Waals surface area contributed by atoms with Crippen molar-refractivity contribution in [1.29, 1.82) is 0 Å². The molecule has 44 heavy (non-hydrogen) atoms. The molecule has 15 heteroatoms. The lowest BCUT2D eigenvalue weighted by Gasteiger charge is -2.44. The number of hydrogen-bond acceptors (Lipinski definition) is 3. The first kappa shape index (κ1) is 35.9. The van der Waals surface area contributed by atoms with E-state index in [1.54, 1.807) is 6.92 Å². The number of rotatable bonds is 11. The molecule has 4 bridgehead atoms. The smallest absolute Gasteiger partial charge is 0.374 e. The predicted octanol–water partition coefficient (Wildman–Crippen LogP) is 9.09. The van der Waals surface area contributed by atoms with Crippen LogP contribution < -0.4 is 0 Å². The Kier molecular flexibility index (Phi) is 9.73. The summed E-state index contributed by atoms with van der Waals surface area (Å²) >= 11 is 0. The molecule has 0 aromatic heterocycles. The van der Waals surface area contributed by atoms with Gasteiger partial charge in [0, 0.05) is 6.61 Å². The highest BCUT2D eigenvalue weighted by Crippen LogP contribution is 2.66. The van der Waals surface area contributed by atoms with Crippen LogP contribution in [0.4, 0.5) is 52.7 Å². The van der Waals surface area contributed by atoms with Gasteiger partial charge in [-0.2, -0.15) is 52.7 Å². The Morgan fingerprint density at radius 3 is 1.59 bits per heavy atom. The fraction of sp³-hybridized carbons (Fsp3) is 1.00. The Balaban J connectivity index is 1.50. The van der Waals surface area contributed by atoms with E-state index in [1.807, 2.05) is 6.92 Å². The maximum absolute atomic E-state index is 14.0. The third kappa shape index (κ3) is 5.96. The van der Waals surface area contributed by atoms with E-state index in [1.165, 1.54) is 6.92 Å². The van der Waals surface area contributed by atoms with Gasteiger partial charge in [0.2, 0.25) is 0 Å². The SMILES string of the molecule is CCOCOC(CC1CC2CC1C(C)C2CC1C(CC)C2CC(CC(O)(C(F)(F)F)C(F)(F)F)C1C2)(C(F)(F)F)C(F)(F)F. The minimum Gasteiger partial charge on any atom is -0.374 e. The third-order valence-electron chi connectivity index (χ3n) is 11.8. The van der Waals surface area contributed by atoms with Crippen LogP contribution in [0.15, 0.2) is 0 Å². The molecule has 0 spiro atoms. The van der Waals surface area contributed by atoms with Crippen LogP contribution in [0.1, 0.15) is 72.1 Å². The number of aliphatic hydroxyl groups is 1. The van der Waals surface area contributed by atoms with Gasteiger partial charge in [0.25, 0.3) is 11.2 Å². The van der Waals surface area contributed by atoms with Crippen LogP contribution >= 0.6 is 0 Å². The van der Waals surface area contributed by atoms with Crippen LogP contribution in [0.3, 0.4) is 0 Å². The van der Waals surface area contributed by atoms with E-state index in [4.69, 9.17) is 0 Å². The molecule has 1 N–H and O–H groups in total. The second kappa shape index (κ2) is 11.9. The third-order valence-corrected chi connectivity index (χ3v) is 11.8. The molecule has 10 atom stereocenters. The molecule has 0 amide bonds. The van der Waals surface area contributed by atoms with Gasteiger partial charge in [-0.05, 0) is 111 Å². The van der Waals surface area contributed by atoms with Crippen molar-refractivity contribution >= 4 is 0 Å². The van der Waals surface area contributed by atoms with Crippen molar-refractivity contribution in [3.8, 4) is 0 Å². The lowest BCUT2D eigenvalue weighted by molar-refractivity contribution is -0.398. The number of ether oxygens (including phenoxy) is 2. The molecule has 0 heterocycles. The van der Waals surface area contributed by atoms with Gasteiger partial charge in [-0.3, -0.25) is 0 Å². The maximum Gasteiger partial charge on any atom is 0.426 e. The summed E-state index contributed by atoms with van der Waals surface area (Å²) in [5.74, 6) is -3.85. The van der Waals surface area contributed by atoms with Gasteiger partial charge in [0.1, 0.15) is 6.79 Å². The van der Waals surface area contributed by atoms with Gasteiger partial charge in [0.15, 0.2) is 0 Å². The zero-order valence-electron chi connectivity index (χ0n) is 24.6. The molecular weight excluding hydrogens is 624 g/mol. The Morgan fingerprint density at radius 1 is 0.636 bits per heavy atom. The lowest BCUT2D eigenvalue weighted by Crippen LogP contribution is -2.60. The molecule has 4 aliphatic carbocycles. The van der Waals surface area contributed by atoms with Gasteiger partial charge < -0.3 is 14.6 Å². The fourth-order valence-corrected chi connectivity index (χ4v) is 9.84. The molecule has 0 radical (unpaired) electrons. The highest BCUT2D eigenvalue weighted by Gasteiger charge is 2.74. The average molecular weight is 665 g/mol. The Labute approximate surface area is 248 Å². The molecule has 258 valence electrons. The van der Waals surface area contributed by atoms with Gasteiger partial charge in [0.05, 0.1) is 0 Å². The normalized spacial score (nSPS) is 36.5.